The summed E-state index contributed by atoms with van der Waals surface area (Å²) < 4.78 is 5.64. The Morgan fingerprint density at radius 3 is 2.62 bits per heavy atom. The Morgan fingerprint density at radius 2 is 2.05 bits per heavy atom. The molecule has 0 aliphatic carbocycles. The lowest BCUT2D eigenvalue weighted by Crippen LogP contribution is -2.45. The molecule has 1 rings (SSSR count). The van der Waals surface area contributed by atoms with E-state index in [1.54, 1.807) is 0 Å². The van der Waals surface area contributed by atoms with E-state index in [-0.39, 0.29) is 11.3 Å². The quantitative estimate of drug-likeness (QED) is 0.841. The lowest BCUT2D eigenvalue weighted by atomic mass is 9.87. The largest absolute Gasteiger partial charge is 0.492 e. The lowest BCUT2D eigenvalue weighted by molar-refractivity contribution is -0.119. The van der Waals surface area contributed by atoms with Crippen molar-refractivity contribution in [3.8, 4) is 5.75 Å². The number of benzene rings is 1. The molecule has 0 bridgehead atoms. The zero-order chi connectivity index (χ0) is 16.0. The van der Waals surface area contributed by atoms with Gasteiger partial charge in [-0.05, 0) is 31.6 Å². The van der Waals surface area contributed by atoms with Crippen LogP contribution in [0.2, 0.25) is 0 Å². The molecule has 5 nitrogen and oxygen atoms in total. The maximum Gasteiger partial charge on any atom is 0.241 e. The van der Waals surface area contributed by atoms with Crippen LogP contribution in [0.15, 0.2) is 24.3 Å². The van der Waals surface area contributed by atoms with E-state index < -0.39 is 6.04 Å². The minimum atomic E-state index is -0.559. The first-order chi connectivity index (χ1) is 9.70. The van der Waals surface area contributed by atoms with E-state index in [0.29, 0.717) is 12.3 Å². The highest BCUT2D eigenvalue weighted by Gasteiger charge is 2.27. The molecule has 0 radical (unpaired) electrons. The minimum Gasteiger partial charge on any atom is -0.492 e. The molecule has 0 saturated carbocycles. The monoisotopic (exact) mass is 293 g/mol. The molecule has 1 atom stereocenters. The summed E-state index contributed by atoms with van der Waals surface area (Å²) in [6.45, 7) is 7.27. The number of likely N-dealkylation sites (N-methyl/N-ethyl adjacent to an activating group) is 1. The summed E-state index contributed by atoms with van der Waals surface area (Å²) in [6.07, 6.45) is 0. The summed E-state index contributed by atoms with van der Waals surface area (Å²) >= 11 is 0. The minimum absolute atomic E-state index is 0.187. The third kappa shape index (κ3) is 6.14. The Bertz CT molecular complexity index is 467. The molecule has 0 spiro atoms. The van der Waals surface area contributed by atoms with Crippen LogP contribution >= 0.6 is 0 Å². The molecule has 0 saturated heterocycles. The highest BCUT2D eigenvalue weighted by Crippen LogP contribution is 2.21. The first-order valence-electron chi connectivity index (χ1n) is 7.14. The SMILES string of the molecule is CN(C)CCOc1cccc(NC(=O)C(N)C(C)(C)C)c1. The van der Waals surface area contributed by atoms with Gasteiger partial charge < -0.3 is 20.7 Å². The van der Waals surface area contributed by atoms with Crippen molar-refractivity contribution >= 4 is 11.6 Å². The fourth-order valence-electron chi connectivity index (χ4n) is 1.62. The third-order valence-corrected chi connectivity index (χ3v) is 3.12. The Morgan fingerprint density at radius 1 is 1.38 bits per heavy atom. The Balaban J connectivity index is 2.62. The molecule has 0 fully saturated rings. The molecule has 0 heterocycles. The highest BCUT2D eigenvalue weighted by atomic mass is 16.5. The van der Waals surface area contributed by atoms with Crippen LogP contribution in [0.5, 0.6) is 5.75 Å². The number of carbonyl (C=O) groups excluding carboxylic acids is 1. The molecule has 1 aromatic carbocycles. The van der Waals surface area contributed by atoms with Gasteiger partial charge in [-0.1, -0.05) is 26.8 Å². The number of anilines is 1. The number of nitrogens with zero attached hydrogens (tertiary/aromatic N) is 1. The molecule has 21 heavy (non-hydrogen) atoms. The molecule has 118 valence electrons. The molecule has 1 amide bonds. The highest BCUT2D eigenvalue weighted by molar-refractivity contribution is 5.95. The summed E-state index contributed by atoms with van der Waals surface area (Å²) in [5, 5.41) is 2.83. The van der Waals surface area contributed by atoms with Gasteiger partial charge in [0, 0.05) is 18.3 Å². The van der Waals surface area contributed by atoms with Crippen molar-refractivity contribution in [2.24, 2.45) is 11.1 Å². The third-order valence-electron chi connectivity index (χ3n) is 3.12. The van der Waals surface area contributed by atoms with Gasteiger partial charge in [0.15, 0.2) is 0 Å². The predicted molar refractivity (Wildman–Crippen MR) is 86.6 cm³/mol. The summed E-state index contributed by atoms with van der Waals surface area (Å²) in [6, 6.07) is 6.79. The molecule has 0 aromatic heterocycles. The maximum absolute atomic E-state index is 12.1. The first-order valence-corrected chi connectivity index (χ1v) is 7.14. The standard InChI is InChI=1S/C16H27N3O2/c1-16(2,3)14(17)15(20)18-12-7-6-8-13(11-12)21-10-9-19(4)5/h6-8,11,14H,9-10,17H2,1-5H3,(H,18,20). The van der Waals surface area contributed by atoms with Crippen LogP contribution in [0.25, 0.3) is 0 Å². The number of nitrogens with two attached hydrogens (primary N) is 1. The first kappa shape index (κ1) is 17.5. The topological polar surface area (TPSA) is 67.6 Å². The van der Waals surface area contributed by atoms with Crippen LogP contribution in [-0.4, -0.2) is 44.1 Å². The van der Waals surface area contributed by atoms with Crippen LogP contribution in [-0.2, 0) is 4.79 Å². The molecule has 5 heteroatoms. The van der Waals surface area contributed by atoms with Gasteiger partial charge in [0.05, 0.1) is 6.04 Å². The van der Waals surface area contributed by atoms with Crippen LogP contribution in [0.3, 0.4) is 0 Å². The second kappa shape index (κ2) is 7.43. The predicted octanol–water partition coefficient (Wildman–Crippen LogP) is 1.94. The Hall–Kier alpha value is -1.59. The van der Waals surface area contributed by atoms with Gasteiger partial charge in [-0.2, -0.15) is 0 Å². The number of rotatable bonds is 6. The van der Waals surface area contributed by atoms with Gasteiger partial charge in [-0.15, -0.1) is 0 Å². The van der Waals surface area contributed by atoms with Crippen LogP contribution < -0.4 is 15.8 Å². The fraction of sp³-hybridized carbons (Fsp3) is 0.562. The van der Waals surface area contributed by atoms with E-state index in [4.69, 9.17) is 10.5 Å². The molecular formula is C16H27N3O2. The Kier molecular flexibility index (Phi) is 6.18. The van der Waals surface area contributed by atoms with Crippen molar-refractivity contribution in [3.63, 3.8) is 0 Å². The fourth-order valence-corrected chi connectivity index (χ4v) is 1.62. The zero-order valence-corrected chi connectivity index (χ0v) is 13.6. The normalized spacial score (nSPS) is 13.1. The second-order valence-corrected chi connectivity index (χ2v) is 6.51. The van der Waals surface area contributed by atoms with Crippen LogP contribution in [0, 0.1) is 5.41 Å². The van der Waals surface area contributed by atoms with Gasteiger partial charge >= 0.3 is 0 Å². The summed E-state index contributed by atoms with van der Waals surface area (Å²) in [4.78, 5) is 14.1. The molecule has 1 unspecified atom stereocenters. The van der Waals surface area contributed by atoms with Gasteiger partial charge in [-0.3, -0.25) is 4.79 Å². The molecular weight excluding hydrogens is 266 g/mol. The van der Waals surface area contributed by atoms with E-state index in [1.807, 2.05) is 64.0 Å². The van der Waals surface area contributed by atoms with Gasteiger partial charge in [0.2, 0.25) is 5.91 Å². The smallest absolute Gasteiger partial charge is 0.241 e. The van der Waals surface area contributed by atoms with E-state index in [0.717, 1.165) is 12.3 Å². The zero-order valence-electron chi connectivity index (χ0n) is 13.6. The number of hydrogen-bond acceptors (Lipinski definition) is 4. The summed E-state index contributed by atoms with van der Waals surface area (Å²) in [5.41, 5.74) is 6.37. The van der Waals surface area contributed by atoms with E-state index in [2.05, 4.69) is 5.32 Å². The Labute approximate surface area is 127 Å². The van der Waals surface area contributed by atoms with Crippen molar-refractivity contribution < 1.29 is 9.53 Å². The van der Waals surface area contributed by atoms with Crippen molar-refractivity contribution in [3.05, 3.63) is 24.3 Å². The summed E-state index contributed by atoms with van der Waals surface area (Å²) in [5.74, 6) is 0.548. The van der Waals surface area contributed by atoms with Crippen molar-refractivity contribution in [2.75, 3.05) is 32.6 Å². The molecule has 0 aliphatic rings. The van der Waals surface area contributed by atoms with Crippen molar-refractivity contribution in [1.82, 2.24) is 4.90 Å². The average Bonchev–Trinajstić information content (AvgIpc) is 2.36. The van der Waals surface area contributed by atoms with E-state index in [1.165, 1.54) is 0 Å². The average molecular weight is 293 g/mol. The van der Waals surface area contributed by atoms with Gasteiger partial charge in [0.25, 0.3) is 0 Å². The van der Waals surface area contributed by atoms with E-state index in [9.17, 15) is 4.79 Å². The van der Waals surface area contributed by atoms with Crippen LogP contribution in [0.4, 0.5) is 5.69 Å². The van der Waals surface area contributed by atoms with Crippen molar-refractivity contribution in [2.45, 2.75) is 26.8 Å². The molecule has 3 N–H and O–H groups in total. The number of hydrogen-bond donors (Lipinski definition) is 2. The molecule has 1 aromatic rings. The number of amides is 1. The van der Waals surface area contributed by atoms with Crippen LogP contribution in [0.1, 0.15) is 20.8 Å². The number of carbonyl (C=O) groups is 1. The van der Waals surface area contributed by atoms with Crippen molar-refractivity contribution in [1.29, 1.82) is 0 Å². The number of ether oxygens (including phenoxy) is 1. The lowest BCUT2D eigenvalue weighted by Gasteiger charge is -2.25. The maximum atomic E-state index is 12.1. The van der Waals surface area contributed by atoms with Gasteiger partial charge in [0.1, 0.15) is 12.4 Å². The second-order valence-electron chi connectivity index (χ2n) is 6.51. The van der Waals surface area contributed by atoms with E-state index >= 15 is 0 Å². The molecule has 0 aliphatic heterocycles. The summed E-state index contributed by atoms with van der Waals surface area (Å²) in [7, 11) is 3.99. The number of nitrogens with one attached hydrogen (secondary N) is 1. The van der Waals surface area contributed by atoms with Gasteiger partial charge in [-0.25, -0.2) is 0 Å².